The molecule has 0 radical (unpaired) electrons. The summed E-state index contributed by atoms with van der Waals surface area (Å²) < 4.78 is 40.7. The van der Waals surface area contributed by atoms with Gasteiger partial charge in [0.15, 0.2) is 0 Å². The van der Waals surface area contributed by atoms with E-state index < -0.39 is 23.6 Å². The monoisotopic (exact) mass is 233 g/mol. The second-order valence-electron chi connectivity index (χ2n) is 3.28. The molecule has 0 saturated heterocycles. The molecule has 14 heavy (non-hydrogen) atoms. The highest BCUT2D eigenvalue weighted by atomic mass is 35.5. The first-order chi connectivity index (χ1) is 5.80. The Balaban J connectivity index is 0.00000169. The van der Waals surface area contributed by atoms with Crippen LogP contribution in [0.3, 0.4) is 0 Å². The summed E-state index contributed by atoms with van der Waals surface area (Å²) in [5.74, 6) is -1.32. The fourth-order valence-electron chi connectivity index (χ4n) is 1.38. The lowest BCUT2D eigenvalue weighted by Crippen LogP contribution is -2.63. The summed E-state index contributed by atoms with van der Waals surface area (Å²) in [7, 11) is 1.15. The van der Waals surface area contributed by atoms with E-state index in [1.807, 2.05) is 0 Å². The molecule has 0 bridgehead atoms. The van der Waals surface area contributed by atoms with E-state index in [-0.39, 0.29) is 25.2 Å². The van der Waals surface area contributed by atoms with Crippen molar-refractivity contribution in [2.45, 2.75) is 24.6 Å². The standard InChI is InChI=1S/C7H10F3NO2.ClH/c1-13-5(12)4-2-6(11,3-4)7(8,9)10;/h4H,2-3,11H2,1H3;1H. The molecule has 0 aliphatic heterocycles. The maximum Gasteiger partial charge on any atom is 0.406 e. The van der Waals surface area contributed by atoms with Crippen LogP contribution in [0.25, 0.3) is 0 Å². The highest BCUT2D eigenvalue weighted by Gasteiger charge is 2.61. The number of carbonyl (C=O) groups excluding carboxylic acids is 1. The largest absolute Gasteiger partial charge is 0.469 e. The lowest BCUT2D eigenvalue weighted by molar-refractivity contribution is -0.220. The molecule has 0 atom stereocenters. The van der Waals surface area contributed by atoms with Gasteiger partial charge in [0.25, 0.3) is 0 Å². The smallest absolute Gasteiger partial charge is 0.406 e. The molecule has 7 heteroatoms. The maximum absolute atomic E-state index is 12.1. The lowest BCUT2D eigenvalue weighted by Gasteiger charge is -2.44. The summed E-state index contributed by atoms with van der Waals surface area (Å²) in [4.78, 5) is 10.8. The molecule has 0 amide bonds. The van der Waals surface area contributed by atoms with Crippen molar-refractivity contribution in [3.05, 3.63) is 0 Å². The summed E-state index contributed by atoms with van der Waals surface area (Å²) >= 11 is 0. The van der Waals surface area contributed by atoms with E-state index in [2.05, 4.69) is 4.74 Å². The van der Waals surface area contributed by atoms with Gasteiger partial charge in [-0.25, -0.2) is 0 Å². The second-order valence-corrected chi connectivity index (χ2v) is 3.28. The number of nitrogens with two attached hydrogens (primary N) is 1. The number of methoxy groups -OCH3 is 1. The summed E-state index contributed by atoms with van der Waals surface area (Å²) in [5.41, 5.74) is 2.84. The van der Waals surface area contributed by atoms with Crippen molar-refractivity contribution in [3.63, 3.8) is 0 Å². The molecular formula is C7H11ClF3NO2. The van der Waals surface area contributed by atoms with Crippen LogP contribution in [0.2, 0.25) is 0 Å². The number of hydrogen-bond donors (Lipinski definition) is 1. The molecule has 2 N–H and O–H groups in total. The predicted octanol–water partition coefficient (Wildman–Crippen LogP) is 1.25. The molecule has 84 valence electrons. The Morgan fingerprint density at radius 1 is 1.50 bits per heavy atom. The maximum atomic E-state index is 12.1. The van der Waals surface area contributed by atoms with Gasteiger partial charge in [0, 0.05) is 0 Å². The van der Waals surface area contributed by atoms with Gasteiger partial charge in [-0.1, -0.05) is 0 Å². The van der Waals surface area contributed by atoms with E-state index in [0.29, 0.717) is 0 Å². The SMILES string of the molecule is COC(=O)C1CC(N)(C(F)(F)F)C1.Cl. The van der Waals surface area contributed by atoms with Gasteiger partial charge in [-0.15, -0.1) is 12.4 Å². The minimum Gasteiger partial charge on any atom is -0.469 e. The first kappa shape index (κ1) is 13.5. The van der Waals surface area contributed by atoms with E-state index in [1.54, 1.807) is 0 Å². The van der Waals surface area contributed by atoms with Gasteiger partial charge in [0.2, 0.25) is 0 Å². The van der Waals surface area contributed by atoms with Crippen LogP contribution in [0.5, 0.6) is 0 Å². The van der Waals surface area contributed by atoms with E-state index in [9.17, 15) is 18.0 Å². The zero-order valence-corrected chi connectivity index (χ0v) is 8.24. The third-order valence-corrected chi connectivity index (χ3v) is 2.32. The Hall–Kier alpha value is -0.490. The quantitative estimate of drug-likeness (QED) is 0.694. The number of esters is 1. The average molecular weight is 234 g/mol. The Kier molecular flexibility index (Phi) is 3.80. The van der Waals surface area contributed by atoms with Gasteiger partial charge < -0.3 is 10.5 Å². The fraction of sp³-hybridized carbons (Fsp3) is 0.857. The van der Waals surface area contributed by atoms with Gasteiger partial charge in [-0.3, -0.25) is 4.79 Å². The molecule has 1 aliphatic carbocycles. The van der Waals surface area contributed by atoms with Gasteiger partial charge >= 0.3 is 12.1 Å². The van der Waals surface area contributed by atoms with Crippen molar-refractivity contribution in [2.24, 2.45) is 11.7 Å². The number of carbonyl (C=O) groups is 1. The van der Waals surface area contributed by atoms with Crippen LogP contribution in [0.1, 0.15) is 12.8 Å². The topological polar surface area (TPSA) is 52.3 Å². The lowest BCUT2D eigenvalue weighted by atomic mass is 9.68. The number of rotatable bonds is 1. The van der Waals surface area contributed by atoms with E-state index >= 15 is 0 Å². The third kappa shape index (κ3) is 2.12. The first-order valence-corrected chi connectivity index (χ1v) is 3.73. The van der Waals surface area contributed by atoms with Gasteiger partial charge in [-0.05, 0) is 12.8 Å². The molecule has 0 unspecified atom stereocenters. The van der Waals surface area contributed by atoms with Gasteiger partial charge in [0.1, 0.15) is 5.54 Å². The van der Waals surface area contributed by atoms with Crippen molar-refractivity contribution < 1.29 is 22.7 Å². The van der Waals surface area contributed by atoms with Crippen molar-refractivity contribution in [3.8, 4) is 0 Å². The summed E-state index contributed by atoms with van der Waals surface area (Å²) in [6.45, 7) is 0. The van der Waals surface area contributed by atoms with Crippen LogP contribution in [0, 0.1) is 5.92 Å². The molecule has 1 saturated carbocycles. The molecule has 1 rings (SSSR count). The summed E-state index contributed by atoms with van der Waals surface area (Å²) in [6, 6.07) is 0. The normalized spacial score (nSPS) is 31.4. The van der Waals surface area contributed by atoms with Crippen LogP contribution in [0.15, 0.2) is 0 Å². The molecule has 0 spiro atoms. The van der Waals surface area contributed by atoms with Gasteiger partial charge in [0.05, 0.1) is 13.0 Å². The van der Waals surface area contributed by atoms with E-state index in [1.165, 1.54) is 0 Å². The summed E-state index contributed by atoms with van der Waals surface area (Å²) in [5, 5.41) is 0. The molecule has 1 fully saturated rings. The number of ether oxygens (including phenoxy) is 1. The van der Waals surface area contributed by atoms with E-state index in [0.717, 1.165) is 7.11 Å². The third-order valence-electron chi connectivity index (χ3n) is 2.32. The van der Waals surface area contributed by atoms with E-state index in [4.69, 9.17) is 5.73 Å². The molecule has 0 aromatic rings. The second kappa shape index (κ2) is 3.94. The number of alkyl halides is 3. The van der Waals surface area contributed by atoms with Crippen molar-refractivity contribution in [2.75, 3.05) is 7.11 Å². The Morgan fingerprint density at radius 2 is 1.93 bits per heavy atom. The van der Waals surface area contributed by atoms with Crippen molar-refractivity contribution >= 4 is 18.4 Å². The van der Waals surface area contributed by atoms with Crippen LogP contribution in [-0.4, -0.2) is 24.8 Å². The highest BCUT2D eigenvalue weighted by Crippen LogP contribution is 2.46. The van der Waals surface area contributed by atoms with Crippen LogP contribution in [-0.2, 0) is 9.53 Å². The van der Waals surface area contributed by atoms with Crippen LogP contribution in [0.4, 0.5) is 13.2 Å². The summed E-state index contributed by atoms with van der Waals surface area (Å²) in [6.07, 6.45) is -5.18. The van der Waals surface area contributed by atoms with Crippen molar-refractivity contribution in [1.29, 1.82) is 0 Å². The Labute approximate surface area is 85.2 Å². The van der Waals surface area contributed by atoms with Crippen LogP contribution < -0.4 is 5.73 Å². The molecule has 3 nitrogen and oxygen atoms in total. The first-order valence-electron chi connectivity index (χ1n) is 3.73. The van der Waals surface area contributed by atoms with Gasteiger partial charge in [-0.2, -0.15) is 13.2 Å². The fourth-order valence-corrected chi connectivity index (χ4v) is 1.38. The average Bonchev–Trinajstić information content (AvgIpc) is 1.95. The number of halogens is 4. The highest BCUT2D eigenvalue weighted by molar-refractivity contribution is 5.85. The van der Waals surface area contributed by atoms with Crippen LogP contribution >= 0.6 is 12.4 Å². The number of hydrogen-bond acceptors (Lipinski definition) is 3. The molecule has 0 aromatic heterocycles. The molecule has 0 heterocycles. The van der Waals surface area contributed by atoms with Crippen molar-refractivity contribution in [1.82, 2.24) is 0 Å². The Morgan fingerprint density at radius 3 is 2.21 bits per heavy atom. The minimum absolute atomic E-state index is 0. The Bertz CT molecular complexity index is 225. The zero-order chi connectivity index (χ0) is 10.3. The molecule has 1 aliphatic rings. The molecule has 0 aromatic carbocycles. The zero-order valence-electron chi connectivity index (χ0n) is 7.43. The molecular weight excluding hydrogens is 223 g/mol. The minimum atomic E-state index is -4.43. The predicted molar refractivity (Wildman–Crippen MR) is 45.0 cm³/mol.